The number of methoxy groups -OCH3 is 3. The maximum absolute atomic E-state index is 13.6. The number of nitrogens with zero attached hydrogens (tertiary/aromatic N) is 1. The minimum atomic E-state index is -0.274. The van der Waals surface area contributed by atoms with E-state index in [1.807, 2.05) is 29.2 Å². The molecule has 1 atom stereocenters. The van der Waals surface area contributed by atoms with Crippen LogP contribution in [0.25, 0.3) is 0 Å². The molecule has 178 valence electrons. The van der Waals surface area contributed by atoms with Crippen LogP contribution in [0.4, 0.5) is 0 Å². The second-order valence-corrected chi connectivity index (χ2v) is 8.21. The number of carbonyl (C=O) groups excluding carboxylic acids is 1. The first-order valence-electron chi connectivity index (χ1n) is 11.5. The van der Waals surface area contributed by atoms with Crippen molar-refractivity contribution >= 4 is 5.91 Å². The van der Waals surface area contributed by atoms with Crippen molar-refractivity contribution in [2.24, 2.45) is 0 Å². The van der Waals surface area contributed by atoms with E-state index in [2.05, 4.69) is 19.1 Å². The van der Waals surface area contributed by atoms with Crippen LogP contribution in [0.3, 0.4) is 0 Å². The average molecular weight is 462 g/mol. The van der Waals surface area contributed by atoms with Crippen molar-refractivity contribution in [2.45, 2.75) is 25.8 Å². The smallest absolute Gasteiger partial charge is 0.254 e. The highest BCUT2D eigenvalue weighted by Gasteiger charge is 2.33. The number of hydrogen-bond acceptors (Lipinski definition) is 5. The number of amides is 1. The van der Waals surface area contributed by atoms with Crippen molar-refractivity contribution in [3.63, 3.8) is 0 Å². The summed E-state index contributed by atoms with van der Waals surface area (Å²) in [5, 5.41) is 0. The Labute approximate surface area is 201 Å². The number of benzene rings is 3. The lowest BCUT2D eigenvalue weighted by Gasteiger charge is -2.37. The fraction of sp³-hybridized carbons (Fsp3) is 0.321. The molecule has 0 spiro atoms. The zero-order valence-electron chi connectivity index (χ0n) is 20.2. The Bertz CT molecular complexity index is 1120. The van der Waals surface area contributed by atoms with Crippen LogP contribution < -0.4 is 18.9 Å². The van der Waals surface area contributed by atoms with E-state index in [9.17, 15) is 4.79 Å². The van der Waals surface area contributed by atoms with Crippen molar-refractivity contribution < 1.29 is 23.7 Å². The number of ether oxygens (including phenoxy) is 4. The highest BCUT2D eigenvalue weighted by molar-refractivity contribution is 5.95. The minimum absolute atomic E-state index is 0.0435. The highest BCUT2D eigenvalue weighted by Crippen LogP contribution is 2.39. The third-order valence-electron chi connectivity index (χ3n) is 6.34. The summed E-state index contributed by atoms with van der Waals surface area (Å²) < 4.78 is 22.5. The summed E-state index contributed by atoms with van der Waals surface area (Å²) in [4.78, 5) is 15.5. The molecular weight excluding hydrogens is 430 g/mol. The van der Waals surface area contributed by atoms with E-state index in [-0.39, 0.29) is 11.9 Å². The van der Waals surface area contributed by atoms with Gasteiger partial charge in [0.15, 0.2) is 11.5 Å². The molecule has 3 aromatic carbocycles. The molecule has 0 radical (unpaired) electrons. The lowest BCUT2D eigenvalue weighted by Crippen LogP contribution is -2.42. The van der Waals surface area contributed by atoms with Gasteiger partial charge < -0.3 is 23.8 Å². The second kappa shape index (κ2) is 10.5. The van der Waals surface area contributed by atoms with Gasteiger partial charge in [-0.1, -0.05) is 19.1 Å². The molecule has 0 saturated heterocycles. The van der Waals surface area contributed by atoms with Crippen LogP contribution in [0.2, 0.25) is 0 Å². The lowest BCUT2D eigenvalue weighted by atomic mass is 9.91. The van der Waals surface area contributed by atoms with E-state index in [1.165, 1.54) is 5.56 Å². The summed E-state index contributed by atoms with van der Waals surface area (Å²) in [6.45, 7) is 3.03. The Morgan fingerprint density at radius 2 is 1.53 bits per heavy atom. The minimum Gasteiger partial charge on any atom is -0.497 e. The van der Waals surface area contributed by atoms with Crippen LogP contribution >= 0.6 is 0 Å². The molecule has 0 bridgehead atoms. The zero-order valence-corrected chi connectivity index (χ0v) is 20.2. The van der Waals surface area contributed by atoms with Crippen LogP contribution in [-0.4, -0.2) is 45.3 Å². The molecule has 1 heterocycles. The maximum Gasteiger partial charge on any atom is 0.254 e. The summed E-state index contributed by atoms with van der Waals surface area (Å²) >= 11 is 0. The Kier molecular flexibility index (Phi) is 7.26. The van der Waals surface area contributed by atoms with Crippen molar-refractivity contribution in [3.8, 4) is 23.0 Å². The number of fused-ring (bicyclic) bond motifs is 1. The zero-order chi connectivity index (χ0) is 24.1. The fourth-order valence-electron chi connectivity index (χ4n) is 4.35. The molecule has 1 aliphatic rings. The Balaban J connectivity index is 1.67. The number of rotatable bonds is 8. The van der Waals surface area contributed by atoms with E-state index in [0.717, 1.165) is 29.7 Å². The predicted molar refractivity (Wildman–Crippen MR) is 131 cm³/mol. The highest BCUT2D eigenvalue weighted by atomic mass is 16.5. The van der Waals surface area contributed by atoms with Gasteiger partial charge in [-0.15, -0.1) is 0 Å². The quantitative estimate of drug-likeness (QED) is 0.468. The topological polar surface area (TPSA) is 57.2 Å². The molecule has 1 amide bonds. The van der Waals surface area contributed by atoms with Gasteiger partial charge >= 0.3 is 0 Å². The van der Waals surface area contributed by atoms with Gasteiger partial charge in [-0.2, -0.15) is 0 Å². The van der Waals surface area contributed by atoms with Crippen molar-refractivity contribution in [3.05, 3.63) is 82.9 Å². The van der Waals surface area contributed by atoms with Crippen LogP contribution in [0.5, 0.6) is 23.0 Å². The summed E-state index contributed by atoms with van der Waals surface area (Å²) in [5.41, 5.74) is 4.01. The van der Waals surface area contributed by atoms with Gasteiger partial charge in [0.05, 0.1) is 27.4 Å². The first kappa shape index (κ1) is 23.5. The van der Waals surface area contributed by atoms with Crippen molar-refractivity contribution in [1.82, 2.24) is 4.90 Å². The number of aryl methyl sites for hydroxylation is 1. The molecule has 0 fully saturated rings. The van der Waals surface area contributed by atoms with Crippen molar-refractivity contribution in [2.75, 3.05) is 34.5 Å². The first-order valence-corrected chi connectivity index (χ1v) is 11.5. The third-order valence-corrected chi connectivity index (χ3v) is 6.34. The number of carbonyl (C=O) groups is 1. The molecule has 1 aliphatic heterocycles. The van der Waals surface area contributed by atoms with Crippen LogP contribution in [-0.2, 0) is 12.8 Å². The van der Waals surface area contributed by atoms with E-state index in [1.54, 1.807) is 45.6 Å². The van der Waals surface area contributed by atoms with Crippen molar-refractivity contribution in [1.29, 1.82) is 0 Å². The second-order valence-electron chi connectivity index (χ2n) is 8.21. The first-order chi connectivity index (χ1) is 16.6. The number of hydrogen-bond donors (Lipinski definition) is 0. The van der Waals surface area contributed by atoms with Crippen LogP contribution in [0.15, 0.2) is 60.7 Å². The monoisotopic (exact) mass is 461 g/mol. The molecule has 6 heteroatoms. The normalized spacial score (nSPS) is 14.8. The molecule has 0 saturated carbocycles. The molecule has 6 nitrogen and oxygen atoms in total. The summed E-state index contributed by atoms with van der Waals surface area (Å²) in [7, 11) is 4.86. The average Bonchev–Trinajstić information content (AvgIpc) is 2.90. The summed E-state index contributed by atoms with van der Waals surface area (Å²) in [5.74, 6) is 2.77. The third kappa shape index (κ3) is 4.81. The molecule has 0 aliphatic carbocycles. The molecule has 34 heavy (non-hydrogen) atoms. The van der Waals surface area contributed by atoms with Gasteiger partial charge in [0.25, 0.3) is 5.91 Å². The summed E-state index contributed by atoms with van der Waals surface area (Å²) in [6, 6.07) is 19.0. The Hall–Kier alpha value is -3.67. The fourth-order valence-corrected chi connectivity index (χ4v) is 4.35. The maximum atomic E-state index is 13.6. The SMILES string of the molecule is CCc1ccc(OCC2c3cc(OC)c(OC)cc3CCN2C(=O)c2ccc(OC)cc2)cc1. The van der Waals surface area contributed by atoms with Gasteiger partial charge in [-0.25, -0.2) is 0 Å². The molecule has 0 N–H and O–H groups in total. The molecule has 4 rings (SSSR count). The van der Waals surface area contributed by atoms with Gasteiger partial charge in [0, 0.05) is 12.1 Å². The predicted octanol–water partition coefficient (Wildman–Crippen LogP) is 5.09. The molecule has 3 aromatic rings. The molecule has 0 aromatic heterocycles. The van der Waals surface area contributed by atoms with Crippen LogP contribution in [0, 0.1) is 0 Å². The van der Waals surface area contributed by atoms with E-state index >= 15 is 0 Å². The van der Waals surface area contributed by atoms with E-state index in [0.29, 0.717) is 36.0 Å². The van der Waals surface area contributed by atoms with E-state index < -0.39 is 0 Å². The van der Waals surface area contributed by atoms with E-state index in [4.69, 9.17) is 18.9 Å². The standard InChI is InChI=1S/C28H31NO5/c1-5-19-6-10-23(11-7-19)34-18-25-24-17-27(33-4)26(32-3)16-21(24)14-15-29(25)28(30)20-8-12-22(31-2)13-9-20/h6-13,16-17,25H,5,14-15,18H2,1-4H3. The Morgan fingerprint density at radius 1 is 0.882 bits per heavy atom. The largest absolute Gasteiger partial charge is 0.497 e. The van der Waals surface area contributed by atoms with Gasteiger partial charge in [0.1, 0.15) is 18.1 Å². The summed E-state index contributed by atoms with van der Waals surface area (Å²) in [6.07, 6.45) is 1.70. The van der Waals surface area contributed by atoms with Crippen LogP contribution in [0.1, 0.15) is 40.0 Å². The lowest BCUT2D eigenvalue weighted by molar-refractivity contribution is 0.0589. The van der Waals surface area contributed by atoms with Gasteiger partial charge in [-0.05, 0) is 78.1 Å². The molecule has 1 unspecified atom stereocenters. The molecular formula is C28H31NO5. The Morgan fingerprint density at radius 3 is 2.15 bits per heavy atom. The van der Waals surface area contributed by atoms with Gasteiger partial charge in [0.2, 0.25) is 0 Å². The van der Waals surface area contributed by atoms with Gasteiger partial charge in [-0.3, -0.25) is 4.79 Å².